The van der Waals surface area contributed by atoms with Gasteiger partial charge in [-0.1, -0.05) is 18.9 Å². The van der Waals surface area contributed by atoms with Crippen molar-refractivity contribution in [2.75, 3.05) is 13.1 Å². The lowest BCUT2D eigenvalue weighted by Crippen LogP contribution is -2.46. The van der Waals surface area contributed by atoms with Gasteiger partial charge in [-0.05, 0) is 12.8 Å². The summed E-state index contributed by atoms with van der Waals surface area (Å²) in [5.41, 5.74) is -0.825. The maximum Gasteiger partial charge on any atom is 0.309 e. The Hall–Kier alpha value is -1.36. The van der Waals surface area contributed by atoms with E-state index < -0.39 is 17.4 Å². The highest BCUT2D eigenvalue weighted by Crippen LogP contribution is 2.28. The fraction of sp³-hybridized carbons (Fsp3) is 0.636. The van der Waals surface area contributed by atoms with Crippen LogP contribution >= 0.6 is 0 Å². The molecule has 0 saturated heterocycles. The molecule has 16 heavy (non-hydrogen) atoms. The van der Waals surface area contributed by atoms with Crippen LogP contribution in [0.25, 0.3) is 0 Å². The van der Waals surface area contributed by atoms with Crippen molar-refractivity contribution in [1.29, 1.82) is 0 Å². The first-order chi connectivity index (χ1) is 7.57. The van der Waals surface area contributed by atoms with Crippen molar-refractivity contribution in [3.05, 3.63) is 12.7 Å². The number of hydrogen-bond acceptors (Lipinski definition) is 3. The monoisotopic (exact) mass is 226 g/mol. The number of aliphatic hydroxyl groups is 1. The Morgan fingerprint density at radius 1 is 1.25 bits per heavy atom. The number of nitrogens with one attached hydrogen (secondary N) is 2. The number of rotatable bonds is 4. The number of hydrogen-bond donors (Lipinski definition) is 3. The van der Waals surface area contributed by atoms with Gasteiger partial charge in [-0.2, -0.15) is 0 Å². The third-order valence-corrected chi connectivity index (χ3v) is 2.73. The van der Waals surface area contributed by atoms with Crippen molar-refractivity contribution in [3.8, 4) is 0 Å². The van der Waals surface area contributed by atoms with Gasteiger partial charge >= 0.3 is 11.8 Å². The molecule has 0 atom stereocenters. The molecule has 5 nitrogen and oxygen atoms in total. The summed E-state index contributed by atoms with van der Waals surface area (Å²) >= 11 is 0. The molecule has 5 heteroatoms. The molecule has 0 spiro atoms. The van der Waals surface area contributed by atoms with Crippen LogP contribution in [0.4, 0.5) is 0 Å². The fourth-order valence-electron chi connectivity index (χ4n) is 1.78. The largest absolute Gasteiger partial charge is 0.388 e. The van der Waals surface area contributed by atoms with E-state index in [0.717, 1.165) is 12.8 Å². The number of amides is 2. The van der Waals surface area contributed by atoms with Crippen molar-refractivity contribution < 1.29 is 14.7 Å². The highest BCUT2D eigenvalue weighted by atomic mass is 16.3. The maximum atomic E-state index is 11.3. The van der Waals surface area contributed by atoms with Crippen LogP contribution in [0.3, 0.4) is 0 Å². The van der Waals surface area contributed by atoms with E-state index >= 15 is 0 Å². The molecule has 0 unspecified atom stereocenters. The van der Waals surface area contributed by atoms with Crippen LogP contribution in [0.2, 0.25) is 0 Å². The summed E-state index contributed by atoms with van der Waals surface area (Å²) in [5, 5.41) is 14.7. The summed E-state index contributed by atoms with van der Waals surface area (Å²) in [4.78, 5) is 22.4. The van der Waals surface area contributed by atoms with Crippen molar-refractivity contribution in [3.63, 3.8) is 0 Å². The van der Waals surface area contributed by atoms with E-state index in [1.807, 2.05) is 0 Å². The molecule has 0 aromatic heterocycles. The Bertz CT molecular complexity index is 283. The predicted molar refractivity (Wildman–Crippen MR) is 59.6 cm³/mol. The molecule has 1 fully saturated rings. The van der Waals surface area contributed by atoms with E-state index in [9.17, 15) is 14.7 Å². The Kier molecular flexibility index (Phi) is 4.49. The molecule has 0 heterocycles. The number of carbonyl (C=O) groups is 2. The first-order valence-electron chi connectivity index (χ1n) is 5.47. The zero-order chi connectivity index (χ0) is 12.0. The lowest BCUT2D eigenvalue weighted by molar-refractivity contribution is -0.139. The Balaban J connectivity index is 2.28. The van der Waals surface area contributed by atoms with Crippen LogP contribution in [-0.4, -0.2) is 35.6 Å². The van der Waals surface area contributed by atoms with Crippen molar-refractivity contribution in [2.24, 2.45) is 0 Å². The van der Waals surface area contributed by atoms with Gasteiger partial charge in [-0.15, -0.1) is 6.58 Å². The van der Waals surface area contributed by atoms with E-state index in [1.54, 1.807) is 0 Å². The Morgan fingerprint density at radius 2 is 1.81 bits per heavy atom. The molecular weight excluding hydrogens is 208 g/mol. The van der Waals surface area contributed by atoms with Crippen LogP contribution in [-0.2, 0) is 9.59 Å². The first kappa shape index (κ1) is 12.7. The van der Waals surface area contributed by atoms with Crippen LogP contribution in [0.15, 0.2) is 12.7 Å². The summed E-state index contributed by atoms with van der Waals surface area (Å²) in [6, 6.07) is 0. The number of carbonyl (C=O) groups excluding carboxylic acids is 2. The van der Waals surface area contributed by atoms with E-state index in [0.29, 0.717) is 12.8 Å². The van der Waals surface area contributed by atoms with Crippen LogP contribution in [0, 0.1) is 0 Å². The average molecular weight is 226 g/mol. The summed E-state index contributed by atoms with van der Waals surface area (Å²) in [5.74, 6) is -1.40. The molecule has 0 aromatic carbocycles. The lowest BCUT2D eigenvalue weighted by atomic mass is 10.0. The zero-order valence-electron chi connectivity index (χ0n) is 9.29. The van der Waals surface area contributed by atoms with Gasteiger partial charge in [0.2, 0.25) is 0 Å². The van der Waals surface area contributed by atoms with Crippen molar-refractivity contribution >= 4 is 11.8 Å². The summed E-state index contributed by atoms with van der Waals surface area (Å²) in [7, 11) is 0. The zero-order valence-corrected chi connectivity index (χ0v) is 9.29. The SMILES string of the molecule is C=CCNC(=O)C(=O)NCC1(O)CCCC1. The molecule has 1 rings (SSSR count). The van der Waals surface area contributed by atoms with Crippen LogP contribution in [0.5, 0.6) is 0 Å². The molecular formula is C11H18N2O3. The van der Waals surface area contributed by atoms with Gasteiger partial charge in [0.05, 0.1) is 5.60 Å². The minimum atomic E-state index is -0.825. The van der Waals surface area contributed by atoms with Crippen molar-refractivity contribution in [2.45, 2.75) is 31.3 Å². The smallest absolute Gasteiger partial charge is 0.309 e. The summed E-state index contributed by atoms with van der Waals surface area (Å²) in [6.07, 6.45) is 4.79. The molecule has 0 bridgehead atoms. The average Bonchev–Trinajstić information content (AvgIpc) is 2.70. The van der Waals surface area contributed by atoms with Gasteiger partial charge in [0.25, 0.3) is 0 Å². The molecule has 0 radical (unpaired) electrons. The second-order valence-electron chi connectivity index (χ2n) is 4.11. The molecule has 2 amide bonds. The van der Waals surface area contributed by atoms with Gasteiger partial charge < -0.3 is 15.7 Å². The van der Waals surface area contributed by atoms with Crippen molar-refractivity contribution in [1.82, 2.24) is 10.6 Å². The van der Waals surface area contributed by atoms with Crippen LogP contribution in [0.1, 0.15) is 25.7 Å². The topological polar surface area (TPSA) is 78.4 Å². The minimum absolute atomic E-state index is 0.146. The van der Waals surface area contributed by atoms with E-state index in [-0.39, 0.29) is 13.1 Å². The molecule has 0 aromatic rings. The second kappa shape index (κ2) is 5.65. The Morgan fingerprint density at radius 3 is 2.38 bits per heavy atom. The third kappa shape index (κ3) is 3.66. The highest BCUT2D eigenvalue weighted by molar-refractivity contribution is 6.35. The van der Waals surface area contributed by atoms with Gasteiger partial charge in [0.1, 0.15) is 0 Å². The molecule has 1 aliphatic carbocycles. The van der Waals surface area contributed by atoms with E-state index in [2.05, 4.69) is 17.2 Å². The lowest BCUT2D eigenvalue weighted by Gasteiger charge is -2.21. The van der Waals surface area contributed by atoms with Gasteiger partial charge in [0, 0.05) is 13.1 Å². The van der Waals surface area contributed by atoms with E-state index in [1.165, 1.54) is 6.08 Å². The van der Waals surface area contributed by atoms with Gasteiger partial charge in [0.15, 0.2) is 0 Å². The quantitative estimate of drug-likeness (QED) is 0.455. The first-order valence-corrected chi connectivity index (χ1v) is 5.47. The maximum absolute atomic E-state index is 11.3. The van der Waals surface area contributed by atoms with Gasteiger partial charge in [-0.3, -0.25) is 9.59 Å². The highest BCUT2D eigenvalue weighted by Gasteiger charge is 2.31. The molecule has 90 valence electrons. The predicted octanol–water partition coefficient (Wildman–Crippen LogP) is -0.290. The Labute approximate surface area is 94.9 Å². The summed E-state index contributed by atoms with van der Waals surface area (Å²) < 4.78 is 0. The second-order valence-corrected chi connectivity index (χ2v) is 4.11. The fourth-order valence-corrected chi connectivity index (χ4v) is 1.78. The third-order valence-electron chi connectivity index (χ3n) is 2.73. The molecule has 1 saturated carbocycles. The molecule has 1 aliphatic rings. The normalized spacial score (nSPS) is 17.8. The molecule has 0 aliphatic heterocycles. The minimum Gasteiger partial charge on any atom is -0.388 e. The van der Waals surface area contributed by atoms with Crippen LogP contribution < -0.4 is 10.6 Å². The van der Waals surface area contributed by atoms with E-state index in [4.69, 9.17) is 0 Å². The summed E-state index contributed by atoms with van der Waals surface area (Å²) in [6.45, 7) is 3.83. The standard InChI is InChI=1S/C11H18N2O3/c1-2-7-12-9(14)10(15)13-8-11(16)5-3-4-6-11/h2,16H,1,3-8H2,(H,12,14)(H,13,15). The molecule has 3 N–H and O–H groups in total. The van der Waals surface area contributed by atoms with Gasteiger partial charge in [-0.25, -0.2) is 0 Å².